The first-order valence-corrected chi connectivity index (χ1v) is 5.91. The molecular formula is C12H15NO3S. The van der Waals surface area contributed by atoms with E-state index in [0.29, 0.717) is 0 Å². The summed E-state index contributed by atoms with van der Waals surface area (Å²) in [6.07, 6.45) is 0. The number of benzene rings is 1. The van der Waals surface area contributed by atoms with E-state index in [-0.39, 0.29) is 5.24 Å². The summed E-state index contributed by atoms with van der Waals surface area (Å²) in [5.41, 5.74) is -1.02. The first kappa shape index (κ1) is 13.6. The number of esters is 1. The maximum atomic E-state index is 11.7. The monoisotopic (exact) mass is 253 g/mol. The van der Waals surface area contributed by atoms with Gasteiger partial charge in [-0.15, -0.1) is 0 Å². The van der Waals surface area contributed by atoms with Gasteiger partial charge in [-0.2, -0.15) is 0 Å². The van der Waals surface area contributed by atoms with Crippen molar-refractivity contribution >= 4 is 23.0 Å². The van der Waals surface area contributed by atoms with Crippen molar-refractivity contribution in [2.75, 3.05) is 7.11 Å². The van der Waals surface area contributed by atoms with Crippen LogP contribution in [0.25, 0.3) is 0 Å². The lowest BCUT2D eigenvalue weighted by Gasteiger charge is -2.22. The number of hydrogen-bond donors (Lipinski definition) is 1. The van der Waals surface area contributed by atoms with Crippen molar-refractivity contribution in [2.45, 2.75) is 24.3 Å². The molecule has 4 nitrogen and oxygen atoms in total. The third-order valence-electron chi connectivity index (χ3n) is 2.06. The van der Waals surface area contributed by atoms with Crippen LogP contribution < -0.4 is 5.32 Å². The second-order valence-electron chi connectivity index (χ2n) is 3.94. The van der Waals surface area contributed by atoms with Crippen molar-refractivity contribution in [3.8, 4) is 0 Å². The molecular weight excluding hydrogens is 238 g/mol. The van der Waals surface area contributed by atoms with Gasteiger partial charge in [0, 0.05) is 4.90 Å². The molecule has 92 valence electrons. The molecule has 0 unspecified atom stereocenters. The molecule has 0 aliphatic carbocycles. The number of carbonyl (C=O) groups excluding carboxylic acids is 2. The van der Waals surface area contributed by atoms with E-state index in [1.54, 1.807) is 13.8 Å². The van der Waals surface area contributed by atoms with E-state index in [1.807, 2.05) is 30.3 Å². The Bertz CT molecular complexity index is 403. The Morgan fingerprint density at radius 2 is 1.82 bits per heavy atom. The molecule has 0 aliphatic rings. The average Bonchev–Trinajstić information content (AvgIpc) is 2.28. The van der Waals surface area contributed by atoms with Crippen LogP contribution in [0.1, 0.15) is 13.8 Å². The summed E-state index contributed by atoms with van der Waals surface area (Å²) in [5, 5.41) is 2.32. The maximum absolute atomic E-state index is 11.7. The number of carbonyl (C=O) groups is 2. The van der Waals surface area contributed by atoms with Crippen LogP contribution in [0, 0.1) is 0 Å². The normalized spacial score (nSPS) is 10.8. The maximum Gasteiger partial charge on any atom is 0.331 e. The predicted molar refractivity (Wildman–Crippen MR) is 66.9 cm³/mol. The van der Waals surface area contributed by atoms with E-state index < -0.39 is 11.5 Å². The lowest BCUT2D eigenvalue weighted by atomic mass is 10.1. The van der Waals surface area contributed by atoms with Gasteiger partial charge in [0.2, 0.25) is 0 Å². The summed E-state index contributed by atoms with van der Waals surface area (Å²) < 4.78 is 4.60. The van der Waals surface area contributed by atoms with Crippen molar-refractivity contribution in [3.63, 3.8) is 0 Å². The molecule has 0 radical (unpaired) electrons. The summed E-state index contributed by atoms with van der Waals surface area (Å²) in [5.74, 6) is -0.473. The standard InChI is InChI=1S/C12H15NO3S/c1-12(2,10(14)16-3)13-11(15)17-9-7-5-4-6-8-9/h4-8H,1-3H3,(H,13,15). The zero-order valence-corrected chi connectivity index (χ0v) is 10.8. The number of amides is 1. The van der Waals surface area contributed by atoms with Gasteiger partial charge in [-0.1, -0.05) is 18.2 Å². The van der Waals surface area contributed by atoms with Gasteiger partial charge in [0.1, 0.15) is 5.54 Å². The van der Waals surface area contributed by atoms with Crippen LogP contribution in [0.2, 0.25) is 0 Å². The van der Waals surface area contributed by atoms with Crippen molar-refractivity contribution in [2.24, 2.45) is 0 Å². The topological polar surface area (TPSA) is 55.4 Å². The molecule has 1 N–H and O–H groups in total. The van der Waals surface area contributed by atoms with E-state index in [1.165, 1.54) is 7.11 Å². The van der Waals surface area contributed by atoms with Gasteiger partial charge in [0.25, 0.3) is 5.24 Å². The minimum atomic E-state index is -1.02. The Labute approximate surface area is 105 Å². The molecule has 17 heavy (non-hydrogen) atoms. The zero-order valence-electron chi connectivity index (χ0n) is 10.0. The van der Waals surface area contributed by atoms with Crippen molar-refractivity contribution < 1.29 is 14.3 Å². The molecule has 0 saturated heterocycles. The summed E-state index contributed by atoms with van der Waals surface area (Å²) in [4.78, 5) is 23.9. The second-order valence-corrected chi connectivity index (χ2v) is 4.99. The highest BCUT2D eigenvalue weighted by Gasteiger charge is 2.30. The first-order valence-electron chi connectivity index (χ1n) is 5.09. The van der Waals surface area contributed by atoms with E-state index in [0.717, 1.165) is 16.7 Å². The predicted octanol–water partition coefficient (Wildman–Crippen LogP) is 2.44. The fourth-order valence-electron chi connectivity index (χ4n) is 1.18. The molecule has 1 amide bonds. The van der Waals surface area contributed by atoms with Gasteiger partial charge in [0.05, 0.1) is 7.11 Å². The van der Waals surface area contributed by atoms with Crippen LogP contribution in [0.3, 0.4) is 0 Å². The third kappa shape index (κ3) is 4.11. The van der Waals surface area contributed by atoms with Gasteiger partial charge in [-0.3, -0.25) is 4.79 Å². The van der Waals surface area contributed by atoms with Crippen LogP contribution in [0.15, 0.2) is 35.2 Å². The number of methoxy groups -OCH3 is 1. The Morgan fingerprint density at radius 1 is 1.24 bits per heavy atom. The molecule has 0 aromatic heterocycles. The highest BCUT2D eigenvalue weighted by molar-refractivity contribution is 8.13. The highest BCUT2D eigenvalue weighted by Crippen LogP contribution is 2.19. The minimum absolute atomic E-state index is 0.286. The van der Waals surface area contributed by atoms with Crippen molar-refractivity contribution in [1.82, 2.24) is 5.32 Å². The molecule has 0 aliphatic heterocycles. The van der Waals surface area contributed by atoms with E-state index >= 15 is 0 Å². The van der Waals surface area contributed by atoms with Crippen molar-refractivity contribution in [3.05, 3.63) is 30.3 Å². The van der Waals surface area contributed by atoms with E-state index in [9.17, 15) is 9.59 Å². The molecule has 0 spiro atoms. The fourth-order valence-corrected chi connectivity index (χ4v) is 2.00. The highest BCUT2D eigenvalue weighted by atomic mass is 32.2. The van der Waals surface area contributed by atoms with Crippen LogP contribution in [-0.4, -0.2) is 23.9 Å². The third-order valence-corrected chi connectivity index (χ3v) is 2.86. The minimum Gasteiger partial charge on any atom is -0.467 e. The molecule has 1 aromatic rings. The number of nitrogens with one attached hydrogen (secondary N) is 1. The van der Waals surface area contributed by atoms with E-state index in [4.69, 9.17) is 0 Å². The van der Waals surface area contributed by atoms with Gasteiger partial charge >= 0.3 is 5.97 Å². The fraction of sp³-hybridized carbons (Fsp3) is 0.333. The van der Waals surface area contributed by atoms with Gasteiger partial charge < -0.3 is 10.1 Å². The van der Waals surface area contributed by atoms with Gasteiger partial charge in [-0.05, 0) is 37.7 Å². The summed E-state index contributed by atoms with van der Waals surface area (Å²) in [6.45, 7) is 3.20. The van der Waals surface area contributed by atoms with Crippen molar-refractivity contribution in [1.29, 1.82) is 0 Å². The number of hydrogen-bond acceptors (Lipinski definition) is 4. The summed E-state index contributed by atoms with van der Waals surface area (Å²) in [6, 6.07) is 9.23. The Kier molecular flexibility index (Phi) is 4.57. The SMILES string of the molecule is COC(=O)C(C)(C)NC(=O)Sc1ccccc1. The first-order chi connectivity index (χ1) is 7.95. The molecule has 0 saturated carbocycles. The van der Waals surface area contributed by atoms with Crippen LogP contribution in [0.5, 0.6) is 0 Å². The van der Waals surface area contributed by atoms with Crippen LogP contribution >= 0.6 is 11.8 Å². The van der Waals surface area contributed by atoms with Gasteiger partial charge in [0.15, 0.2) is 0 Å². The van der Waals surface area contributed by atoms with E-state index in [2.05, 4.69) is 10.1 Å². The number of rotatable bonds is 3. The zero-order chi connectivity index (χ0) is 12.9. The average molecular weight is 253 g/mol. The molecule has 0 atom stereocenters. The van der Waals surface area contributed by atoms with Crippen LogP contribution in [-0.2, 0) is 9.53 Å². The Hall–Kier alpha value is -1.49. The lowest BCUT2D eigenvalue weighted by molar-refractivity contribution is -0.146. The molecule has 1 aromatic carbocycles. The smallest absolute Gasteiger partial charge is 0.331 e. The molecule has 0 fully saturated rings. The summed E-state index contributed by atoms with van der Waals surface area (Å²) in [7, 11) is 1.29. The molecule has 0 bridgehead atoms. The second kappa shape index (κ2) is 5.72. The molecule has 5 heteroatoms. The Balaban J connectivity index is 2.59. The number of ether oxygens (including phenoxy) is 1. The van der Waals surface area contributed by atoms with Gasteiger partial charge in [-0.25, -0.2) is 4.79 Å². The summed E-state index contributed by atoms with van der Waals surface area (Å²) >= 11 is 1.04. The lowest BCUT2D eigenvalue weighted by Crippen LogP contribution is -2.49. The van der Waals surface area contributed by atoms with Crippen LogP contribution in [0.4, 0.5) is 4.79 Å². The largest absolute Gasteiger partial charge is 0.467 e. The molecule has 0 heterocycles. The quantitative estimate of drug-likeness (QED) is 0.664. The Morgan fingerprint density at radius 3 is 2.35 bits per heavy atom. The molecule has 1 rings (SSSR count). The number of thioether (sulfide) groups is 1.